The first-order valence-corrected chi connectivity index (χ1v) is 13.1. The van der Waals surface area contributed by atoms with Crippen molar-refractivity contribution in [1.29, 1.82) is 0 Å². The summed E-state index contributed by atoms with van der Waals surface area (Å²) in [6, 6.07) is 8.55. The smallest absolute Gasteiger partial charge is 0.301 e. The lowest BCUT2D eigenvalue weighted by molar-refractivity contribution is -0.137. The number of allylic oxidation sites excluding steroid dienone is 2. The minimum atomic E-state index is -0.0465. The highest BCUT2D eigenvalue weighted by Gasteiger charge is 2.30. The van der Waals surface area contributed by atoms with Crippen LogP contribution in [0.15, 0.2) is 42.0 Å². The second-order valence-corrected chi connectivity index (χ2v) is 11.6. The number of cyclic esters (lactones) is 1. The molecule has 3 nitrogen and oxygen atoms in total. The van der Waals surface area contributed by atoms with E-state index in [2.05, 4.69) is 70.2 Å². The summed E-state index contributed by atoms with van der Waals surface area (Å²) in [4.78, 5) is 11.7. The van der Waals surface area contributed by atoms with Gasteiger partial charge in [-0.1, -0.05) is 74.3 Å². The third-order valence-electron chi connectivity index (χ3n) is 6.97. The quantitative estimate of drug-likeness (QED) is 0.299. The Balaban J connectivity index is 1.45. The summed E-state index contributed by atoms with van der Waals surface area (Å²) in [5.74, 6) is 1.62. The van der Waals surface area contributed by atoms with Crippen LogP contribution in [0.1, 0.15) is 58.9 Å². The van der Waals surface area contributed by atoms with Crippen LogP contribution in [-0.2, 0) is 14.3 Å². The van der Waals surface area contributed by atoms with Crippen molar-refractivity contribution in [3.05, 3.63) is 47.6 Å². The van der Waals surface area contributed by atoms with Gasteiger partial charge in [0, 0.05) is 23.9 Å². The summed E-state index contributed by atoms with van der Waals surface area (Å²) in [5, 5.41) is 0.567. The van der Waals surface area contributed by atoms with Gasteiger partial charge < -0.3 is 9.47 Å². The van der Waals surface area contributed by atoms with Crippen molar-refractivity contribution in [3.63, 3.8) is 0 Å². The van der Waals surface area contributed by atoms with Crippen LogP contribution in [0.5, 0.6) is 0 Å². The van der Waals surface area contributed by atoms with Crippen LogP contribution in [0.4, 0.5) is 0 Å². The lowest BCUT2D eigenvalue weighted by atomic mass is 9.58. The summed E-state index contributed by atoms with van der Waals surface area (Å²) < 4.78 is 10.9. The maximum atomic E-state index is 11.7. The summed E-state index contributed by atoms with van der Waals surface area (Å²) in [7, 11) is 2.65. The molecule has 0 amide bonds. The Bertz CT molecular complexity index is 809. The number of esters is 1. The van der Waals surface area contributed by atoms with E-state index in [4.69, 9.17) is 9.47 Å². The zero-order valence-corrected chi connectivity index (χ0v) is 21.3. The van der Waals surface area contributed by atoms with Crippen molar-refractivity contribution in [3.8, 4) is 0 Å². The van der Waals surface area contributed by atoms with Crippen LogP contribution in [0.3, 0.4) is 0 Å². The first-order chi connectivity index (χ1) is 15.3. The van der Waals surface area contributed by atoms with Crippen LogP contribution in [0.25, 0.3) is 6.08 Å². The molecule has 5 heteroatoms. The Hall–Kier alpha value is -1.46. The van der Waals surface area contributed by atoms with Gasteiger partial charge in [-0.05, 0) is 49.5 Å². The molecule has 1 heterocycles. The zero-order chi connectivity index (χ0) is 23.1. The average Bonchev–Trinajstić information content (AvgIpc) is 3.16. The van der Waals surface area contributed by atoms with E-state index in [0.717, 1.165) is 25.9 Å². The van der Waals surface area contributed by atoms with E-state index in [1.54, 1.807) is 0 Å². The summed E-state index contributed by atoms with van der Waals surface area (Å²) >= 11 is 2.02. The minimum absolute atomic E-state index is 0.0319. The van der Waals surface area contributed by atoms with Gasteiger partial charge in [0.1, 0.15) is 0 Å². The van der Waals surface area contributed by atoms with Crippen LogP contribution in [0.2, 0.25) is 5.82 Å². The largest absolute Gasteiger partial charge is 0.466 e. The number of ether oxygens (including phenoxy) is 2. The van der Waals surface area contributed by atoms with Crippen LogP contribution in [0, 0.1) is 11.3 Å². The van der Waals surface area contributed by atoms with Gasteiger partial charge in [-0.25, -0.2) is 0 Å². The lowest BCUT2D eigenvalue weighted by Crippen LogP contribution is -2.33. The second kappa shape index (κ2) is 11.6. The first-order valence-electron chi connectivity index (χ1n) is 12.0. The standard InChI is InChI=1S/C27H39BO3S/c1-19(27(2,3)4)17-21-10-13-25(24(18-21)30-5)32-16-6-7-20-8-11-22(12-9-20)28-23-14-15-31-26(23)29/h6-9,11-12,17,21,23-25,28H,10,13-16,18H2,1-5H3/b7-6+,19-17+/t21?,23?,24-,25+/m1/s1. The minimum Gasteiger partial charge on any atom is -0.466 e. The molecule has 0 N–H and O–H groups in total. The van der Waals surface area contributed by atoms with Gasteiger partial charge >= 0.3 is 5.97 Å². The second-order valence-electron chi connectivity index (χ2n) is 10.3. The molecular formula is C27H39BO3S. The molecule has 0 bridgehead atoms. The van der Waals surface area contributed by atoms with Crippen LogP contribution < -0.4 is 5.46 Å². The highest BCUT2D eigenvalue weighted by molar-refractivity contribution is 8.00. The summed E-state index contributed by atoms with van der Waals surface area (Å²) in [6.07, 6.45) is 11.7. The van der Waals surface area contributed by atoms with Gasteiger partial charge in [0.25, 0.3) is 0 Å². The maximum Gasteiger partial charge on any atom is 0.301 e. The molecule has 0 spiro atoms. The number of thioether (sulfide) groups is 1. The molecule has 1 aromatic carbocycles. The van der Waals surface area contributed by atoms with Crippen LogP contribution >= 0.6 is 11.8 Å². The Morgan fingerprint density at radius 3 is 2.59 bits per heavy atom. The monoisotopic (exact) mass is 454 g/mol. The summed E-state index contributed by atoms with van der Waals surface area (Å²) in [5.41, 5.74) is 4.15. The number of carbonyl (C=O) groups is 1. The molecule has 4 atom stereocenters. The fourth-order valence-electron chi connectivity index (χ4n) is 4.46. The molecule has 1 saturated carbocycles. The maximum absolute atomic E-state index is 11.7. The van der Waals surface area contributed by atoms with E-state index < -0.39 is 0 Å². The fourth-order valence-corrected chi connectivity index (χ4v) is 5.66. The Morgan fingerprint density at radius 2 is 1.97 bits per heavy atom. The van der Waals surface area contributed by atoms with E-state index in [1.807, 2.05) is 18.9 Å². The molecule has 1 saturated heterocycles. The van der Waals surface area contributed by atoms with Crippen molar-refractivity contribution in [2.75, 3.05) is 19.5 Å². The van der Waals surface area contributed by atoms with Crippen molar-refractivity contribution in [2.24, 2.45) is 11.3 Å². The number of hydrogen-bond donors (Lipinski definition) is 0. The number of rotatable bonds is 8. The van der Waals surface area contributed by atoms with Crippen molar-refractivity contribution >= 4 is 36.5 Å². The van der Waals surface area contributed by atoms with Gasteiger partial charge in [-0.3, -0.25) is 4.79 Å². The lowest BCUT2D eigenvalue weighted by Gasteiger charge is -2.34. The van der Waals surface area contributed by atoms with E-state index >= 15 is 0 Å². The molecule has 1 aromatic rings. The molecule has 32 heavy (non-hydrogen) atoms. The molecule has 2 fully saturated rings. The average molecular weight is 454 g/mol. The topological polar surface area (TPSA) is 35.5 Å². The number of carbonyl (C=O) groups excluding carboxylic acids is 1. The summed E-state index contributed by atoms with van der Waals surface area (Å²) in [6.45, 7) is 9.71. The van der Waals surface area contributed by atoms with Gasteiger partial charge in [-0.15, -0.1) is 0 Å². The molecule has 2 unspecified atom stereocenters. The molecule has 1 aliphatic heterocycles. The van der Waals surface area contributed by atoms with Gasteiger partial charge in [-0.2, -0.15) is 11.8 Å². The predicted molar refractivity (Wildman–Crippen MR) is 139 cm³/mol. The van der Waals surface area contributed by atoms with Crippen molar-refractivity contribution in [1.82, 2.24) is 0 Å². The normalized spacial score (nSPS) is 27.0. The fraction of sp³-hybridized carbons (Fsp3) is 0.593. The molecule has 3 rings (SSSR count). The third-order valence-corrected chi connectivity index (χ3v) is 8.32. The van der Waals surface area contributed by atoms with Crippen molar-refractivity contribution in [2.45, 2.75) is 70.5 Å². The number of methoxy groups -OCH3 is 1. The molecule has 0 aromatic heterocycles. The van der Waals surface area contributed by atoms with Crippen LogP contribution in [-0.4, -0.2) is 44.1 Å². The van der Waals surface area contributed by atoms with Gasteiger partial charge in [0.05, 0.1) is 12.7 Å². The molecular weight excluding hydrogens is 415 g/mol. The number of hydrogen-bond acceptors (Lipinski definition) is 4. The first kappa shape index (κ1) is 25.2. The molecule has 174 valence electrons. The highest BCUT2D eigenvalue weighted by Crippen LogP contribution is 2.36. The number of benzene rings is 1. The SMILES string of the molecule is CO[C@@H]1CC(/C=C(\C)C(C)(C)C)CC[C@@H]1SC/C=C/c1ccc(BC2CCOC2=O)cc1. The van der Waals surface area contributed by atoms with Crippen molar-refractivity contribution < 1.29 is 14.3 Å². The third kappa shape index (κ3) is 7.28. The highest BCUT2D eigenvalue weighted by atomic mass is 32.2. The molecule has 1 aliphatic carbocycles. The Labute approximate surface area is 199 Å². The predicted octanol–water partition coefficient (Wildman–Crippen LogP) is 5.41. The molecule has 2 aliphatic rings. The Morgan fingerprint density at radius 1 is 1.22 bits per heavy atom. The van der Waals surface area contributed by atoms with E-state index in [-0.39, 0.29) is 17.2 Å². The van der Waals surface area contributed by atoms with Gasteiger partial charge in [0.2, 0.25) is 0 Å². The molecule has 0 radical (unpaired) electrons. The zero-order valence-electron chi connectivity index (χ0n) is 20.4. The van der Waals surface area contributed by atoms with E-state index in [1.165, 1.54) is 29.4 Å². The van der Waals surface area contributed by atoms with Gasteiger partial charge in [0.15, 0.2) is 7.28 Å². The Kier molecular flexibility index (Phi) is 9.13. The van der Waals surface area contributed by atoms with E-state index in [9.17, 15) is 4.79 Å². The van der Waals surface area contributed by atoms with E-state index in [0.29, 0.717) is 23.9 Å².